The highest BCUT2D eigenvalue weighted by molar-refractivity contribution is 7.10. The van der Waals surface area contributed by atoms with Gasteiger partial charge in [0.2, 0.25) is 0 Å². The predicted octanol–water partition coefficient (Wildman–Crippen LogP) is 3.77. The molecule has 0 aliphatic heterocycles. The van der Waals surface area contributed by atoms with Gasteiger partial charge in [0.15, 0.2) is 0 Å². The molecule has 0 aliphatic carbocycles. The van der Waals surface area contributed by atoms with Gasteiger partial charge in [-0.05, 0) is 56.0 Å². The van der Waals surface area contributed by atoms with Crippen molar-refractivity contribution in [2.24, 2.45) is 0 Å². The molecule has 2 aromatic heterocycles. The summed E-state index contributed by atoms with van der Waals surface area (Å²) in [6.07, 6.45) is 0. The largest absolute Gasteiger partial charge is 0.306 e. The van der Waals surface area contributed by atoms with Crippen LogP contribution in [0.15, 0.2) is 23.6 Å². The lowest BCUT2D eigenvalue weighted by molar-refractivity contribution is 0.630. The van der Waals surface area contributed by atoms with Crippen LogP contribution >= 0.6 is 11.3 Å². The Morgan fingerprint density at radius 1 is 1.22 bits per heavy atom. The van der Waals surface area contributed by atoms with Crippen molar-refractivity contribution in [3.63, 3.8) is 0 Å². The zero-order chi connectivity index (χ0) is 13.1. The quantitative estimate of drug-likeness (QED) is 0.905. The van der Waals surface area contributed by atoms with Crippen molar-refractivity contribution in [1.29, 1.82) is 0 Å². The molecule has 96 valence electrons. The molecule has 3 heteroatoms. The highest BCUT2D eigenvalue weighted by Crippen LogP contribution is 2.30. The zero-order valence-electron chi connectivity index (χ0n) is 11.4. The highest BCUT2D eigenvalue weighted by Gasteiger charge is 2.18. The summed E-state index contributed by atoms with van der Waals surface area (Å²) in [7, 11) is 0. The molecule has 0 radical (unpaired) electrons. The van der Waals surface area contributed by atoms with E-state index in [4.69, 9.17) is 0 Å². The van der Waals surface area contributed by atoms with Crippen LogP contribution in [0.2, 0.25) is 0 Å². The van der Waals surface area contributed by atoms with Gasteiger partial charge in [-0.3, -0.25) is 4.98 Å². The third-order valence-corrected chi connectivity index (χ3v) is 4.23. The number of aromatic nitrogens is 1. The van der Waals surface area contributed by atoms with Crippen LogP contribution in [-0.4, -0.2) is 11.5 Å². The second kappa shape index (κ2) is 5.63. The lowest BCUT2D eigenvalue weighted by atomic mass is 10.0. The van der Waals surface area contributed by atoms with Crippen LogP contribution in [0.4, 0.5) is 0 Å². The van der Waals surface area contributed by atoms with E-state index in [2.05, 4.69) is 54.7 Å². The summed E-state index contributed by atoms with van der Waals surface area (Å²) in [5.41, 5.74) is 4.84. The molecule has 0 saturated heterocycles. The first-order chi connectivity index (χ1) is 8.63. The number of thiophene rings is 1. The summed E-state index contributed by atoms with van der Waals surface area (Å²) in [4.78, 5) is 5.97. The minimum absolute atomic E-state index is 0.267. The molecule has 0 aliphatic rings. The first kappa shape index (κ1) is 13.2. The first-order valence-electron chi connectivity index (χ1n) is 6.35. The second-order valence-electron chi connectivity index (χ2n) is 4.59. The van der Waals surface area contributed by atoms with Crippen molar-refractivity contribution in [1.82, 2.24) is 10.3 Å². The van der Waals surface area contributed by atoms with E-state index in [9.17, 15) is 0 Å². The smallest absolute Gasteiger partial charge is 0.0691 e. The number of rotatable bonds is 4. The van der Waals surface area contributed by atoms with Gasteiger partial charge < -0.3 is 5.32 Å². The summed E-state index contributed by atoms with van der Waals surface area (Å²) in [6.45, 7) is 9.40. The van der Waals surface area contributed by atoms with Crippen LogP contribution < -0.4 is 5.32 Å². The maximum absolute atomic E-state index is 4.58. The summed E-state index contributed by atoms with van der Waals surface area (Å²) in [5.74, 6) is 0. The topological polar surface area (TPSA) is 24.9 Å². The van der Waals surface area contributed by atoms with Crippen molar-refractivity contribution >= 4 is 11.3 Å². The Balaban J connectivity index is 2.45. The first-order valence-corrected chi connectivity index (χ1v) is 7.23. The molecular weight excluding hydrogens is 240 g/mol. The zero-order valence-corrected chi connectivity index (χ0v) is 12.3. The molecule has 0 aromatic carbocycles. The van der Waals surface area contributed by atoms with E-state index in [0.717, 1.165) is 17.9 Å². The molecule has 0 bridgehead atoms. The Kier molecular flexibility index (Phi) is 4.15. The van der Waals surface area contributed by atoms with Crippen molar-refractivity contribution in [3.8, 4) is 0 Å². The van der Waals surface area contributed by atoms with Gasteiger partial charge in [-0.2, -0.15) is 0 Å². The average Bonchev–Trinajstić information content (AvgIpc) is 2.73. The van der Waals surface area contributed by atoms with E-state index in [1.165, 1.54) is 16.0 Å². The van der Waals surface area contributed by atoms with E-state index in [-0.39, 0.29) is 6.04 Å². The molecule has 1 N–H and O–H groups in total. The van der Waals surface area contributed by atoms with E-state index in [1.54, 1.807) is 0 Å². The molecule has 1 unspecified atom stereocenters. The molecule has 1 atom stereocenters. The predicted molar refractivity (Wildman–Crippen MR) is 78.3 cm³/mol. The van der Waals surface area contributed by atoms with Crippen molar-refractivity contribution < 1.29 is 0 Å². The van der Waals surface area contributed by atoms with Gasteiger partial charge in [-0.25, -0.2) is 0 Å². The molecule has 2 rings (SSSR count). The normalized spacial score (nSPS) is 12.7. The minimum atomic E-state index is 0.267. The van der Waals surface area contributed by atoms with Crippen LogP contribution in [0.3, 0.4) is 0 Å². The molecule has 0 saturated carbocycles. The third kappa shape index (κ3) is 2.62. The Bertz CT molecular complexity index is 531. The molecule has 0 spiro atoms. The van der Waals surface area contributed by atoms with Crippen LogP contribution in [0.25, 0.3) is 0 Å². The number of aryl methyl sites for hydroxylation is 3. The Hall–Kier alpha value is -1.19. The lowest BCUT2D eigenvalue weighted by Gasteiger charge is -2.20. The van der Waals surface area contributed by atoms with Gasteiger partial charge in [-0.15, -0.1) is 11.3 Å². The molecule has 0 fully saturated rings. The minimum Gasteiger partial charge on any atom is -0.306 e. The van der Waals surface area contributed by atoms with Crippen LogP contribution in [0.1, 0.15) is 40.4 Å². The van der Waals surface area contributed by atoms with Crippen LogP contribution in [0, 0.1) is 20.8 Å². The maximum Gasteiger partial charge on any atom is 0.0691 e. The Labute approximate surface area is 113 Å². The van der Waals surface area contributed by atoms with Crippen molar-refractivity contribution in [2.75, 3.05) is 6.54 Å². The Morgan fingerprint density at radius 2 is 2.00 bits per heavy atom. The van der Waals surface area contributed by atoms with Gasteiger partial charge in [0.05, 0.1) is 6.04 Å². The number of nitrogens with zero attached hydrogens (tertiary/aromatic N) is 1. The van der Waals surface area contributed by atoms with Gasteiger partial charge in [-0.1, -0.05) is 13.0 Å². The van der Waals surface area contributed by atoms with E-state index >= 15 is 0 Å². The third-order valence-electron chi connectivity index (χ3n) is 3.15. The van der Waals surface area contributed by atoms with E-state index in [1.807, 2.05) is 18.3 Å². The molecule has 2 aromatic rings. The second-order valence-corrected chi connectivity index (χ2v) is 5.53. The fraction of sp³-hybridized carbons (Fsp3) is 0.400. The number of hydrogen-bond acceptors (Lipinski definition) is 3. The van der Waals surface area contributed by atoms with Gasteiger partial charge in [0.1, 0.15) is 0 Å². The summed E-state index contributed by atoms with van der Waals surface area (Å²) < 4.78 is 0. The molecule has 0 amide bonds. The number of nitrogens with one attached hydrogen (secondary N) is 1. The molecule has 2 nitrogen and oxygen atoms in total. The van der Waals surface area contributed by atoms with Gasteiger partial charge in [0, 0.05) is 16.3 Å². The van der Waals surface area contributed by atoms with Crippen LogP contribution in [-0.2, 0) is 0 Å². The average molecular weight is 260 g/mol. The monoisotopic (exact) mass is 260 g/mol. The number of hydrogen-bond donors (Lipinski definition) is 1. The highest BCUT2D eigenvalue weighted by atomic mass is 32.1. The van der Waals surface area contributed by atoms with Crippen molar-refractivity contribution in [2.45, 2.75) is 33.7 Å². The van der Waals surface area contributed by atoms with Crippen LogP contribution in [0.5, 0.6) is 0 Å². The maximum atomic E-state index is 4.58. The Morgan fingerprint density at radius 3 is 2.56 bits per heavy atom. The summed E-state index contributed by atoms with van der Waals surface area (Å²) in [6, 6.07) is 6.74. The molecular formula is C15H20N2S. The van der Waals surface area contributed by atoms with E-state index < -0.39 is 0 Å². The number of pyridine rings is 1. The molecule has 18 heavy (non-hydrogen) atoms. The molecule has 2 heterocycles. The fourth-order valence-corrected chi connectivity index (χ4v) is 3.25. The standard InChI is InChI=1S/C15H20N2S/c1-5-16-14(15-10(2)8-9-18-15)13-7-6-11(3)17-12(13)4/h6-9,14,16H,5H2,1-4H3. The van der Waals surface area contributed by atoms with Gasteiger partial charge in [0.25, 0.3) is 0 Å². The van der Waals surface area contributed by atoms with Crippen molar-refractivity contribution in [3.05, 3.63) is 51.0 Å². The summed E-state index contributed by atoms with van der Waals surface area (Å²) >= 11 is 1.82. The van der Waals surface area contributed by atoms with Gasteiger partial charge >= 0.3 is 0 Å². The SMILES string of the molecule is CCNC(c1ccc(C)nc1C)c1sccc1C. The lowest BCUT2D eigenvalue weighted by Crippen LogP contribution is -2.23. The summed E-state index contributed by atoms with van der Waals surface area (Å²) in [5, 5.41) is 5.73. The van der Waals surface area contributed by atoms with E-state index in [0.29, 0.717) is 0 Å². The fourth-order valence-electron chi connectivity index (χ4n) is 2.23.